The number of nitrogens with one attached hydrogen (secondary N) is 2. The Hall–Kier alpha value is -1.53. The highest BCUT2D eigenvalue weighted by atomic mass is 19.1. The first-order valence-corrected chi connectivity index (χ1v) is 6.51. The molecule has 1 aromatic carbocycles. The largest absolute Gasteiger partial charge is 0.387 e. The van der Waals surface area contributed by atoms with Crippen molar-refractivity contribution in [3.05, 3.63) is 35.4 Å². The number of benzene rings is 1. The first-order chi connectivity index (χ1) is 9.41. The van der Waals surface area contributed by atoms with Crippen LogP contribution in [0.2, 0.25) is 0 Å². The first kappa shape index (κ1) is 16.5. The van der Waals surface area contributed by atoms with Crippen LogP contribution in [0.4, 0.5) is 8.78 Å². The summed E-state index contributed by atoms with van der Waals surface area (Å²) >= 11 is 0. The number of amides is 1. The summed E-state index contributed by atoms with van der Waals surface area (Å²) in [6.45, 7) is 4.38. The Morgan fingerprint density at radius 2 is 1.85 bits per heavy atom. The maximum Gasteiger partial charge on any atom is 0.233 e. The molecule has 0 spiro atoms. The highest BCUT2D eigenvalue weighted by Gasteiger charge is 2.17. The topological polar surface area (TPSA) is 61.4 Å². The molecule has 0 fully saturated rings. The molecule has 1 atom stereocenters. The molecule has 1 rings (SSSR count). The third kappa shape index (κ3) is 5.22. The fraction of sp³-hybridized carbons (Fsp3) is 0.500. The van der Waals surface area contributed by atoms with Gasteiger partial charge in [0.25, 0.3) is 0 Å². The fourth-order valence-corrected chi connectivity index (χ4v) is 1.63. The van der Waals surface area contributed by atoms with Gasteiger partial charge in [-0.2, -0.15) is 0 Å². The van der Waals surface area contributed by atoms with E-state index in [-0.39, 0.29) is 24.6 Å². The molecule has 0 radical (unpaired) electrons. The number of halogens is 2. The second-order valence-electron chi connectivity index (χ2n) is 4.98. The van der Waals surface area contributed by atoms with Crippen LogP contribution in [0.1, 0.15) is 25.5 Å². The van der Waals surface area contributed by atoms with Crippen molar-refractivity contribution in [1.29, 1.82) is 0 Å². The Bertz CT molecular complexity index is 433. The van der Waals surface area contributed by atoms with Crippen molar-refractivity contribution in [1.82, 2.24) is 10.6 Å². The lowest BCUT2D eigenvalue weighted by atomic mass is 10.1. The van der Waals surface area contributed by atoms with E-state index in [9.17, 15) is 18.7 Å². The highest BCUT2D eigenvalue weighted by molar-refractivity contribution is 5.77. The Balaban J connectivity index is 2.40. The second-order valence-corrected chi connectivity index (χ2v) is 4.98. The van der Waals surface area contributed by atoms with Gasteiger partial charge in [-0.05, 0) is 18.1 Å². The standard InChI is InChI=1S/C14H20F2N2O2/c1-9(2)6-18-13(20)8-17-7-12(19)14-10(15)4-3-5-11(14)16/h3-5,9,12,17,19H,6-8H2,1-2H3,(H,18,20). The number of aliphatic hydroxyl groups excluding tert-OH is 1. The fourth-order valence-electron chi connectivity index (χ4n) is 1.63. The number of carbonyl (C=O) groups excluding carboxylic acids is 1. The summed E-state index contributed by atoms with van der Waals surface area (Å²) in [6.07, 6.45) is -1.34. The van der Waals surface area contributed by atoms with Gasteiger partial charge in [-0.25, -0.2) is 8.78 Å². The third-order valence-corrected chi connectivity index (χ3v) is 2.66. The van der Waals surface area contributed by atoms with Crippen LogP contribution in [0.15, 0.2) is 18.2 Å². The van der Waals surface area contributed by atoms with Crippen LogP contribution >= 0.6 is 0 Å². The zero-order valence-corrected chi connectivity index (χ0v) is 11.6. The minimum absolute atomic E-state index is 0.0140. The predicted octanol–water partition coefficient (Wildman–Crippen LogP) is 1.36. The van der Waals surface area contributed by atoms with Gasteiger partial charge in [-0.15, -0.1) is 0 Å². The third-order valence-electron chi connectivity index (χ3n) is 2.66. The van der Waals surface area contributed by atoms with Crippen LogP contribution in [-0.4, -0.2) is 30.6 Å². The molecule has 1 unspecified atom stereocenters. The number of carbonyl (C=O) groups is 1. The molecule has 112 valence electrons. The molecule has 0 bridgehead atoms. The number of rotatable bonds is 7. The molecule has 0 saturated carbocycles. The van der Waals surface area contributed by atoms with E-state index in [0.29, 0.717) is 12.5 Å². The first-order valence-electron chi connectivity index (χ1n) is 6.51. The minimum Gasteiger partial charge on any atom is -0.387 e. The van der Waals surface area contributed by atoms with E-state index < -0.39 is 17.7 Å². The monoisotopic (exact) mass is 286 g/mol. The molecule has 1 aromatic rings. The van der Waals surface area contributed by atoms with Crippen LogP contribution in [0.3, 0.4) is 0 Å². The molecule has 0 heterocycles. The number of hydrogen-bond donors (Lipinski definition) is 3. The van der Waals surface area contributed by atoms with Gasteiger partial charge in [0.05, 0.1) is 18.2 Å². The van der Waals surface area contributed by atoms with Crippen LogP contribution in [0.5, 0.6) is 0 Å². The highest BCUT2D eigenvalue weighted by Crippen LogP contribution is 2.19. The van der Waals surface area contributed by atoms with Gasteiger partial charge in [0.2, 0.25) is 5.91 Å². The van der Waals surface area contributed by atoms with E-state index in [4.69, 9.17) is 0 Å². The van der Waals surface area contributed by atoms with E-state index in [1.54, 1.807) is 0 Å². The van der Waals surface area contributed by atoms with E-state index in [0.717, 1.165) is 12.1 Å². The minimum atomic E-state index is -1.34. The molecule has 0 aromatic heterocycles. The zero-order valence-electron chi connectivity index (χ0n) is 11.6. The van der Waals surface area contributed by atoms with Crippen molar-refractivity contribution in [2.24, 2.45) is 5.92 Å². The molecule has 20 heavy (non-hydrogen) atoms. The van der Waals surface area contributed by atoms with Crippen LogP contribution in [-0.2, 0) is 4.79 Å². The van der Waals surface area contributed by atoms with Crippen molar-refractivity contribution >= 4 is 5.91 Å². The summed E-state index contributed by atoms with van der Waals surface area (Å²) in [4.78, 5) is 11.4. The van der Waals surface area contributed by atoms with Gasteiger partial charge in [0.15, 0.2) is 0 Å². The lowest BCUT2D eigenvalue weighted by Gasteiger charge is -2.14. The lowest BCUT2D eigenvalue weighted by molar-refractivity contribution is -0.120. The predicted molar refractivity (Wildman–Crippen MR) is 72.0 cm³/mol. The Morgan fingerprint density at radius 3 is 2.40 bits per heavy atom. The van der Waals surface area contributed by atoms with E-state index in [1.807, 2.05) is 13.8 Å². The Kier molecular flexibility index (Phi) is 6.54. The van der Waals surface area contributed by atoms with Crippen LogP contribution in [0, 0.1) is 17.6 Å². The average molecular weight is 286 g/mol. The summed E-state index contributed by atoms with van der Waals surface area (Å²) < 4.78 is 26.8. The second kappa shape index (κ2) is 7.91. The Labute approximate surface area is 117 Å². The van der Waals surface area contributed by atoms with Gasteiger partial charge in [0.1, 0.15) is 11.6 Å². The van der Waals surface area contributed by atoms with Crippen LogP contribution in [0.25, 0.3) is 0 Å². The van der Waals surface area contributed by atoms with Crippen molar-refractivity contribution in [3.8, 4) is 0 Å². The molecule has 6 heteroatoms. The van der Waals surface area contributed by atoms with Gasteiger partial charge in [-0.1, -0.05) is 19.9 Å². The van der Waals surface area contributed by atoms with Crippen molar-refractivity contribution in [2.45, 2.75) is 20.0 Å². The average Bonchev–Trinajstić information content (AvgIpc) is 2.36. The zero-order chi connectivity index (χ0) is 15.1. The van der Waals surface area contributed by atoms with Crippen molar-refractivity contribution in [3.63, 3.8) is 0 Å². The molecule has 0 aliphatic carbocycles. The van der Waals surface area contributed by atoms with Gasteiger partial charge in [0, 0.05) is 13.1 Å². The quantitative estimate of drug-likeness (QED) is 0.709. The SMILES string of the molecule is CC(C)CNC(=O)CNCC(O)c1c(F)cccc1F. The lowest BCUT2D eigenvalue weighted by Crippen LogP contribution is -2.37. The molecular weight excluding hydrogens is 266 g/mol. The Morgan fingerprint density at radius 1 is 1.25 bits per heavy atom. The molecule has 0 aliphatic rings. The van der Waals surface area contributed by atoms with Gasteiger partial charge >= 0.3 is 0 Å². The van der Waals surface area contributed by atoms with Crippen molar-refractivity contribution in [2.75, 3.05) is 19.6 Å². The summed E-state index contributed by atoms with van der Waals surface area (Å²) in [7, 11) is 0. The van der Waals surface area contributed by atoms with Crippen molar-refractivity contribution < 1.29 is 18.7 Å². The maximum atomic E-state index is 13.4. The smallest absolute Gasteiger partial charge is 0.233 e. The number of aliphatic hydroxyl groups is 1. The molecule has 3 N–H and O–H groups in total. The molecule has 0 saturated heterocycles. The van der Waals surface area contributed by atoms with Gasteiger partial charge in [-0.3, -0.25) is 4.79 Å². The summed E-state index contributed by atoms with van der Waals surface area (Å²) in [5, 5.41) is 15.1. The molecule has 4 nitrogen and oxygen atoms in total. The molecular formula is C14H20F2N2O2. The number of hydrogen-bond acceptors (Lipinski definition) is 3. The summed E-state index contributed by atoms with van der Waals surface area (Å²) in [5.74, 6) is -1.48. The van der Waals surface area contributed by atoms with E-state index in [2.05, 4.69) is 10.6 Å². The summed E-state index contributed by atoms with van der Waals surface area (Å²) in [6, 6.07) is 3.39. The summed E-state index contributed by atoms with van der Waals surface area (Å²) in [5.41, 5.74) is -0.386. The van der Waals surface area contributed by atoms with Crippen LogP contribution < -0.4 is 10.6 Å². The van der Waals surface area contributed by atoms with Gasteiger partial charge < -0.3 is 15.7 Å². The maximum absolute atomic E-state index is 13.4. The van der Waals surface area contributed by atoms with E-state index in [1.165, 1.54) is 6.07 Å². The van der Waals surface area contributed by atoms with E-state index >= 15 is 0 Å². The normalized spacial score (nSPS) is 12.5. The molecule has 0 aliphatic heterocycles. The molecule has 1 amide bonds.